The highest BCUT2D eigenvalue weighted by Gasteiger charge is 2.19. The summed E-state index contributed by atoms with van der Waals surface area (Å²) < 4.78 is 1.59. The molecule has 0 spiro atoms. The topological polar surface area (TPSA) is 80.9 Å². The molecule has 0 aliphatic heterocycles. The van der Waals surface area contributed by atoms with Crippen LogP contribution in [0.1, 0.15) is 45.7 Å². The number of aromatic nitrogens is 4. The van der Waals surface area contributed by atoms with Gasteiger partial charge in [0.25, 0.3) is 0 Å². The number of fused-ring (bicyclic) bond motifs is 1. The molecule has 4 aromatic rings. The molecule has 0 fully saturated rings. The van der Waals surface area contributed by atoms with Crippen LogP contribution < -0.4 is 0 Å². The molecule has 6 heteroatoms. The minimum absolute atomic E-state index is 0.196. The van der Waals surface area contributed by atoms with Gasteiger partial charge in [-0.2, -0.15) is 4.68 Å². The number of hydrogen-bond donors (Lipinski definition) is 1. The van der Waals surface area contributed by atoms with Gasteiger partial charge in [0.05, 0.1) is 11.3 Å². The van der Waals surface area contributed by atoms with Crippen LogP contribution in [-0.2, 0) is 6.42 Å². The van der Waals surface area contributed by atoms with E-state index in [9.17, 15) is 9.90 Å². The first-order chi connectivity index (χ1) is 15.1. The standard InChI is InChI=1S/C25H20N4O2/c1-2-24-26-27-28-29(24)21-14-19(13-20(15-21)25(30)31)16-7-9-18(10-8-16)23-12-11-17-5-3-4-6-22(17)23/h3-15,23H,2H2,1H3,(H,30,31). The maximum atomic E-state index is 11.7. The van der Waals surface area contributed by atoms with Crippen molar-refractivity contribution in [1.82, 2.24) is 20.2 Å². The highest BCUT2D eigenvalue weighted by Crippen LogP contribution is 2.36. The van der Waals surface area contributed by atoms with E-state index in [1.165, 1.54) is 16.7 Å². The number of carbonyl (C=O) groups is 1. The normalized spacial score (nSPS) is 14.5. The number of allylic oxidation sites excluding steroid dienone is 1. The Kier molecular flexibility index (Phi) is 4.67. The Morgan fingerprint density at radius 2 is 1.84 bits per heavy atom. The SMILES string of the molecule is CCc1nnnn1-c1cc(C(=O)O)cc(-c2ccc(C3C=Cc4ccccc43)cc2)c1. The van der Waals surface area contributed by atoms with Crippen molar-refractivity contribution < 1.29 is 9.90 Å². The third kappa shape index (κ3) is 3.42. The molecule has 0 radical (unpaired) electrons. The van der Waals surface area contributed by atoms with Crippen LogP contribution in [0.5, 0.6) is 0 Å². The summed E-state index contributed by atoms with van der Waals surface area (Å²) in [6, 6.07) is 21.9. The summed E-state index contributed by atoms with van der Waals surface area (Å²) in [7, 11) is 0. The first-order valence-electron chi connectivity index (χ1n) is 10.2. The Morgan fingerprint density at radius 3 is 2.61 bits per heavy atom. The van der Waals surface area contributed by atoms with Crippen molar-refractivity contribution in [1.29, 1.82) is 0 Å². The number of hydrogen-bond acceptors (Lipinski definition) is 4. The molecule has 0 amide bonds. The molecule has 5 rings (SSSR count). The highest BCUT2D eigenvalue weighted by molar-refractivity contribution is 5.90. The largest absolute Gasteiger partial charge is 0.478 e. The molecule has 1 aromatic heterocycles. The summed E-state index contributed by atoms with van der Waals surface area (Å²) in [5.41, 5.74) is 6.33. The molecule has 1 atom stereocenters. The summed E-state index contributed by atoms with van der Waals surface area (Å²) >= 11 is 0. The molecule has 0 bridgehead atoms. The fourth-order valence-electron chi connectivity index (χ4n) is 4.07. The number of rotatable bonds is 5. The Bertz CT molecular complexity index is 1310. The molecule has 152 valence electrons. The fourth-order valence-corrected chi connectivity index (χ4v) is 4.07. The first kappa shape index (κ1) is 18.9. The van der Waals surface area contributed by atoms with Crippen molar-refractivity contribution >= 4 is 12.0 Å². The summed E-state index contributed by atoms with van der Waals surface area (Å²) in [5.74, 6) is -0.0754. The Morgan fingerprint density at radius 1 is 1.03 bits per heavy atom. The molecule has 0 saturated heterocycles. The van der Waals surface area contributed by atoms with E-state index in [1.54, 1.807) is 16.8 Å². The predicted octanol–water partition coefficient (Wildman–Crippen LogP) is 4.75. The lowest BCUT2D eigenvalue weighted by Crippen LogP contribution is -2.05. The van der Waals surface area contributed by atoms with Crippen LogP contribution in [0.2, 0.25) is 0 Å². The summed E-state index contributed by atoms with van der Waals surface area (Å²) in [6.45, 7) is 1.96. The van der Waals surface area contributed by atoms with Crippen LogP contribution in [-0.4, -0.2) is 31.3 Å². The van der Waals surface area contributed by atoms with Gasteiger partial charge in [-0.1, -0.05) is 67.6 Å². The van der Waals surface area contributed by atoms with E-state index in [4.69, 9.17) is 0 Å². The quantitative estimate of drug-likeness (QED) is 0.515. The molecule has 6 nitrogen and oxygen atoms in total. The lowest BCUT2D eigenvalue weighted by atomic mass is 9.91. The molecule has 1 heterocycles. The van der Waals surface area contributed by atoms with Crippen molar-refractivity contribution in [2.24, 2.45) is 0 Å². The smallest absolute Gasteiger partial charge is 0.335 e. The van der Waals surface area contributed by atoms with E-state index < -0.39 is 5.97 Å². The average molecular weight is 408 g/mol. The van der Waals surface area contributed by atoms with Gasteiger partial charge in [-0.3, -0.25) is 0 Å². The third-order valence-electron chi connectivity index (χ3n) is 5.66. The van der Waals surface area contributed by atoms with Crippen LogP contribution in [0.15, 0.2) is 72.8 Å². The van der Waals surface area contributed by atoms with E-state index in [-0.39, 0.29) is 11.5 Å². The maximum absolute atomic E-state index is 11.7. The van der Waals surface area contributed by atoms with Crippen LogP contribution in [0.4, 0.5) is 0 Å². The van der Waals surface area contributed by atoms with Gasteiger partial charge >= 0.3 is 5.97 Å². The monoisotopic (exact) mass is 408 g/mol. The van der Waals surface area contributed by atoms with Crippen LogP contribution in [0.25, 0.3) is 22.9 Å². The van der Waals surface area contributed by atoms with E-state index >= 15 is 0 Å². The number of tetrazole rings is 1. The number of carboxylic acids is 1. The maximum Gasteiger partial charge on any atom is 0.335 e. The second-order valence-electron chi connectivity index (χ2n) is 7.52. The minimum Gasteiger partial charge on any atom is -0.478 e. The molecule has 1 unspecified atom stereocenters. The van der Waals surface area contributed by atoms with E-state index in [1.807, 2.05) is 25.1 Å². The van der Waals surface area contributed by atoms with Gasteiger partial charge in [0.1, 0.15) is 0 Å². The second-order valence-corrected chi connectivity index (χ2v) is 7.52. The minimum atomic E-state index is -0.987. The Hall–Kier alpha value is -4.06. The number of nitrogens with zero attached hydrogens (tertiary/aromatic N) is 4. The van der Waals surface area contributed by atoms with Crippen molar-refractivity contribution in [2.75, 3.05) is 0 Å². The molecule has 3 aromatic carbocycles. The first-order valence-corrected chi connectivity index (χ1v) is 10.2. The van der Waals surface area contributed by atoms with Gasteiger partial charge in [0.2, 0.25) is 0 Å². The predicted molar refractivity (Wildman–Crippen MR) is 118 cm³/mol. The van der Waals surface area contributed by atoms with E-state index in [2.05, 4.69) is 64.1 Å². The molecular formula is C25H20N4O2. The zero-order valence-corrected chi connectivity index (χ0v) is 16.9. The zero-order chi connectivity index (χ0) is 21.4. The van der Waals surface area contributed by atoms with Crippen molar-refractivity contribution in [3.8, 4) is 16.8 Å². The lowest BCUT2D eigenvalue weighted by Gasteiger charge is -2.13. The van der Waals surface area contributed by atoms with Crippen LogP contribution >= 0.6 is 0 Å². The van der Waals surface area contributed by atoms with Crippen molar-refractivity contribution in [2.45, 2.75) is 19.3 Å². The van der Waals surface area contributed by atoms with Crippen LogP contribution in [0.3, 0.4) is 0 Å². The molecule has 31 heavy (non-hydrogen) atoms. The van der Waals surface area contributed by atoms with Gasteiger partial charge in [0, 0.05) is 12.3 Å². The summed E-state index contributed by atoms with van der Waals surface area (Å²) in [4.78, 5) is 11.7. The number of aryl methyl sites for hydroxylation is 1. The highest BCUT2D eigenvalue weighted by atomic mass is 16.4. The fraction of sp³-hybridized carbons (Fsp3) is 0.120. The van der Waals surface area contributed by atoms with E-state index in [0.29, 0.717) is 17.9 Å². The molecule has 1 aliphatic carbocycles. The lowest BCUT2D eigenvalue weighted by molar-refractivity contribution is 0.0697. The molecule has 1 aliphatic rings. The summed E-state index contributed by atoms with van der Waals surface area (Å²) in [6.07, 6.45) is 5.02. The van der Waals surface area contributed by atoms with E-state index in [0.717, 1.165) is 11.1 Å². The van der Waals surface area contributed by atoms with Gasteiger partial charge in [-0.05, 0) is 56.4 Å². The van der Waals surface area contributed by atoms with Crippen LogP contribution in [0, 0.1) is 0 Å². The van der Waals surface area contributed by atoms with Gasteiger partial charge in [-0.25, -0.2) is 4.79 Å². The Labute approximate surface area is 179 Å². The van der Waals surface area contributed by atoms with Gasteiger partial charge in [-0.15, -0.1) is 5.10 Å². The Balaban J connectivity index is 1.53. The van der Waals surface area contributed by atoms with Crippen molar-refractivity contribution in [3.05, 3.63) is 101 Å². The second kappa shape index (κ2) is 7.65. The number of aromatic carboxylic acids is 1. The molecular weight excluding hydrogens is 388 g/mol. The number of benzene rings is 3. The molecule has 1 N–H and O–H groups in total. The van der Waals surface area contributed by atoms with Gasteiger partial charge < -0.3 is 5.11 Å². The average Bonchev–Trinajstić information content (AvgIpc) is 3.46. The third-order valence-corrected chi connectivity index (χ3v) is 5.66. The van der Waals surface area contributed by atoms with Crippen molar-refractivity contribution in [3.63, 3.8) is 0 Å². The molecule has 0 saturated carbocycles. The zero-order valence-electron chi connectivity index (χ0n) is 16.9. The summed E-state index contributed by atoms with van der Waals surface area (Å²) in [5, 5.41) is 21.4. The van der Waals surface area contributed by atoms with Gasteiger partial charge in [0.15, 0.2) is 5.82 Å². The number of carboxylic acid groups (broad SMARTS) is 1.